The molecule has 84 valence electrons. The number of nitrogens with two attached hydrogens (primary N) is 1. The van der Waals surface area contributed by atoms with E-state index in [-0.39, 0.29) is 6.04 Å². The summed E-state index contributed by atoms with van der Waals surface area (Å²) in [6.07, 6.45) is 3.35. The summed E-state index contributed by atoms with van der Waals surface area (Å²) in [5.74, 6) is 5.47. The van der Waals surface area contributed by atoms with E-state index in [1.807, 2.05) is 18.2 Å². The van der Waals surface area contributed by atoms with Crippen LogP contribution in [0.3, 0.4) is 0 Å². The summed E-state index contributed by atoms with van der Waals surface area (Å²) < 4.78 is 5.08. The molecule has 0 saturated heterocycles. The third-order valence-corrected chi connectivity index (χ3v) is 2.43. The van der Waals surface area contributed by atoms with Crippen LogP contribution in [0.2, 0.25) is 0 Å². The summed E-state index contributed by atoms with van der Waals surface area (Å²) in [4.78, 5) is 8.45. The zero-order valence-electron chi connectivity index (χ0n) is 9.05. The van der Waals surface area contributed by atoms with Gasteiger partial charge in [-0.25, -0.2) is 0 Å². The Morgan fingerprint density at radius 2 is 2.06 bits per heavy atom. The van der Waals surface area contributed by atoms with E-state index in [0.717, 1.165) is 16.6 Å². The molecule has 3 N–H and O–H groups in total. The molecule has 5 heteroatoms. The Balaban J connectivity index is 2.37. The predicted molar refractivity (Wildman–Crippen MR) is 61.5 cm³/mol. The van der Waals surface area contributed by atoms with Crippen LogP contribution >= 0.6 is 0 Å². The van der Waals surface area contributed by atoms with Gasteiger partial charge >= 0.3 is 0 Å². The lowest BCUT2D eigenvalue weighted by molar-refractivity contribution is 0.167. The van der Waals surface area contributed by atoms with E-state index in [1.54, 1.807) is 19.5 Å². The van der Waals surface area contributed by atoms with Gasteiger partial charge in [0.05, 0.1) is 23.7 Å². The van der Waals surface area contributed by atoms with E-state index >= 15 is 0 Å². The van der Waals surface area contributed by atoms with Crippen molar-refractivity contribution in [3.63, 3.8) is 0 Å². The molecule has 1 heterocycles. The topological polar surface area (TPSA) is 73.1 Å². The van der Waals surface area contributed by atoms with E-state index < -0.39 is 0 Å². The highest BCUT2D eigenvalue weighted by atomic mass is 16.5. The lowest BCUT2D eigenvalue weighted by atomic mass is 10.1. The number of nitrogens with one attached hydrogen (secondary N) is 1. The van der Waals surface area contributed by atoms with Gasteiger partial charge in [0.25, 0.3) is 0 Å². The average molecular weight is 218 g/mol. The fourth-order valence-electron chi connectivity index (χ4n) is 1.60. The number of methoxy groups -OCH3 is 1. The molecule has 1 unspecified atom stereocenters. The normalized spacial score (nSPS) is 12.9. The second-order valence-electron chi connectivity index (χ2n) is 3.48. The van der Waals surface area contributed by atoms with Crippen LogP contribution in [0.25, 0.3) is 11.0 Å². The van der Waals surface area contributed by atoms with Gasteiger partial charge in [-0.3, -0.25) is 21.2 Å². The number of fused-ring (bicyclic) bond motifs is 1. The summed E-state index contributed by atoms with van der Waals surface area (Å²) in [6.45, 7) is 0.516. The number of benzene rings is 1. The molecule has 0 saturated carbocycles. The van der Waals surface area contributed by atoms with Crippen LogP contribution < -0.4 is 11.3 Å². The van der Waals surface area contributed by atoms with Crippen LogP contribution in [-0.4, -0.2) is 23.7 Å². The van der Waals surface area contributed by atoms with Gasteiger partial charge in [0.1, 0.15) is 0 Å². The minimum atomic E-state index is -0.0311. The van der Waals surface area contributed by atoms with Crippen molar-refractivity contribution >= 4 is 11.0 Å². The smallest absolute Gasteiger partial charge is 0.0890 e. The Kier molecular flexibility index (Phi) is 3.40. The van der Waals surface area contributed by atoms with Gasteiger partial charge in [0.15, 0.2) is 0 Å². The molecule has 1 atom stereocenters. The summed E-state index contributed by atoms with van der Waals surface area (Å²) in [5, 5.41) is 0. The van der Waals surface area contributed by atoms with Crippen molar-refractivity contribution in [1.29, 1.82) is 0 Å². The molecule has 0 fully saturated rings. The summed E-state index contributed by atoms with van der Waals surface area (Å²) in [5.41, 5.74) is 5.48. The largest absolute Gasteiger partial charge is 0.383 e. The first-order valence-corrected chi connectivity index (χ1v) is 5.01. The number of hydrogen-bond donors (Lipinski definition) is 2. The van der Waals surface area contributed by atoms with Crippen LogP contribution in [0.1, 0.15) is 11.6 Å². The van der Waals surface area contributed by atoms with Crippen LogP contribution in [0.5, 0.6) is 0 Å². The van der Waals surface area contributed by atoms with E-state index in [9.17, 15) is 0 Å². The minimum Gasteiger partial charge on any atom is -0.383 e. The van der Waals surface area contributed by atoms with Crippen LogP contribution in [0.4, 0.5) is 0 Å². The summed E-state index contributed by atoms with van der Waals surface area (Å²) >= 11 is 0. The van der Waals surface area contributed by atoms with Crippen molar-refractivity contribution in [2.24, 2.45) is 5.84 Å². The van der Waals surface area contributed by atoms with Crippen LogP contribution in [0.15, 0.2) is 30.6 Å². The number of nitrogens with zero attached hydrogens (tertiary/aromatic N) is 2. The van der Waals surface area contributed by atoms with Gasteiger partial charge < -0.3 is 4.74 Å². The first-order valence-electron chi connectivity index (χ1n) is 5.01. The molecule has 2 rings (SSSR count). The third-order valence-electron chi connectivity index (χ3n) is 2.43. The fourth-order valence-corrected chi connectivity index (χ4v) is 1.60. The quantitative estimate of drug-likeness (QED) is 0.586. The van der Waals surface area contributed by atoms with Crippen molar-refractivity contribution < 1.29 is 4.74 Å². The maximum atomic E-state index is 5.47. The summed E-state index contributed by atoms with van der Waals surface area (Å²) in [7, 11) is 1.64. The maximum absolute atomic E-state index is 5.47. The lowest BCUT2D eigenvalue weighted by Crippen LogP contribution is -2.31. The standard InChI is InChI=1S/C11H14N4O/c1-16-7-11(15-12)8-2-3-9-10(6-8)14-5-4-13-9/h2-6,11,15H,7,12H2,1H3. The predicted octanol–water partition coefficient (Wildman–Crippen LogP) is 0.781. The van der Waals surface area contributed by atoms with Crippen molar-refractivity contribution in [3.8, 4) is 0 Å². The SMILES string of the molecule is COCC(NN)c1ccc2nccnc2c1. The minimum absolute atomic E-state index is 0.0311. The number of rotatable bonds is 4. The molecular weight excluding hydrogens is 204 g/mol. The van der Waals surface area contributed by atoms with Gasteiger partial charge in [-0.1, -0.05) is 6.07 Å². The van der Waals surface area contributed by atoms with E-state index in [4.69, 9.17) is 10.6 Å². The molecule has 16 heavy (non-hydrogen) atoms. The van der Waals surface area contributed by atoms with Gasteiger partial charge in [0, 0.05) is 19.5 Å². The molecule has 1 aromatic heterocycles. The Morgan fingerprint density at radius 3 is 2.75 bits per heavy atom. The van der Waals surface area contributed by atoms with Gasteiger partial charge in [-0.05, 0) is 17.7 Å². The second-order valence-corrected chi connectivity index (χ2v) is 3.48. The van der Waals surface area contributed by atoms with E-state index in [1.165, 1.54) is 0 Å². The Bertz CT molecular complexity index is 474. The van der Waals surface area contributed by atoms with Gasteiger partial charge in [0.2, 0.25) is 0 Å². The fraction of sp³-hybridized carbons (Fsp3) is 0.273. The van der Waals surface area contributed by atoms with Gasteiger partial charge in [-0.2, -0.15) is 0 Å². The highest BCUT2D eigenvalue weighted by molar-refractivity contribution is 5.74. The lowest BCUT2D eigenvalue weighted by Gasteiger charge is -2.15. The highest BCUT2D eigenvalue weighted by Gasteiger charge is 2.09. The van der Waals surface area contributed by atoms with Crippen molar-refractivity contribution in [3.05, 3.63) is 36.2 Å². The van der Waals surface area contributed by atoms with Gasteiger partial charge in [-0.15, -0.1) is 0 Å². The van der Waals surface area contributed by atoms with E-state index in [0.29, 0.717) is 6.61 Å². The molecule has 5 nitrogen and oxygen atoms in total. The van der Waals surface area contributed by atoms with E-state index in [2.05, 4.69) is 15.4 Å². The molecular formula is C11H14N4O. The molecule has 0 aliphatic heterocycles. The first kappa shape index (κ1) is 10.9. The molecule has 1 aromatic carbocycles. The number of hydrogen-bond acceptors (Lipinski definition) is 5. The first-order chi connectivity index (χ1) is 7.85. The number of ether oxygens (including phenoxy) is 1. The monoisotopic (exact) mass is 218 g/mol. The molecule has 0 spiro atoms. The Hall–Kier alpha value is -1.56. The molecule has 0 bridgehead atoms. The zero-order valence-corrected chi connectivity index (χ0v) is 9.05. The van der Waals surface area contributed by atoms with Crippen LogP contribution in [-0.2, 0) is 4.74 Å². The van der Waals surface area contributed by atoms with Crippen molar-refractivity contribution in [2.45, 2.75) is 6.04 Å². The molecule has 0 radical (unpaired) electrons. The molecule has 0 aliphatic carbocycles. The molecule has 0 amide bonds. The molecule has 2 aromatic rings. The summed E-state index contributed by atoms with van der Waals surface area (Å²) in [6, 6.07) is 5.83. The third kappa shape index (κ3) is 2.16. The highest BCUT2D eigenvalue weighted by Crippen LogP contribution is 2.17. The Labute approximate surface area is 93.6 Å². The molecule has 0 aliphatic rings. The van der Waals surface area contributed by atoms with Crippen LogP contribution in [0, 0.1) is 0 Å². The number of aromatic nitrogens is 2. The zero-order chi connectivity index (χ0) is 11.4. The van der Waals surface area contributed by atoms with Crippen molar-refractivity contribution in [1.82, 2.24) is 15.4 Å². The van der Waals surface area contributed by atoms with Crippen molar-refractivity contribution in [2.75, 3.05) is 13.7 Å². The maximum Gasteiger partial charge on any atom is 0.0890 e. The Morgan fingerprint density at radius 1 is 1.31 bits per heavy atom. The average Bonchev–Trinajstić information content (AvgIpc) is 2.35. The number of hydrazine groups is 1. The second kappa shape index (κ2) is 4.98.